The summed E-state index contributed by atoms with van der Waals surface area (Å²) in [4.78, 5) is 21.3. The third kappa shape index (κ3) is 3.97. The Balaban J connectivity index is 1.59. The lowest BCUT2D eigenvalue weighted by Gasteiger charge is -2.13. The zero-order valence-corrected chi connectivity index (χ0v) is 16.6. The molecular formula is C21H16F3N3O2S. The number of furan rings is 1. The lowest BCUT2D eigenvalue weighted by atomic mass is 10.1. The van der Waals surface area contributed by atoms with E-state index in [2.05, 4.69) is 15.3 Å². The molecule has 30 heavy (non-hydrogen) atoms. The van der Waals surface area contributed by atoms with Gasteiger partial charge in [0, 0.05) is 11.8 Å². The number of benzene rings is 2. The van der Waals surface area contributed by atoms with Crippen LogP contribution in [0.1, 0.15) is 18.3 Å². The van der Waals surface area contributed by atoms with E-state index >= 15 is 0 Å². The number of thioether (sulfide) groups is 1. The SMILES string of the molecule is CCc1nc(SCC(=O)Nc2ccccc2C(F)(F)F)c2oc3ccccc3c2n1. The first-order valence-corrected chi connectivity index (χ1v) is 10.1. The fourth-order valence-corrected chi connectivity index (χ4v) is 3.80. The summed E-state index contributed by atoms with van der Waals surface area (Å²) in [6, 6.07) is 12.3. The van der Waals surface area contributed by atoms with Crippen LogP contribution in [0, 0.1) is 0 Å². The third-order valence-electron chi connectivity index (χ3n) is 4.40. The highest BCUT2D eigenvalue weighted by atomic mass is 32.2. The van der Waals surface area contributed by atoms with E-state index < -0.39 is 17.6 Å². The molecule has 2 heterocycles. The van der Waals surface area contributed by atoms with Gasteiger partial charge >= 0.3 is 6.18 Å². The molecule has 0 radical (unpaired) electrons. The summed E-state index contributed by atoms with van der Waals surface area (Å²) in [5.41, 5.74) is 0.602. The molecule has 0 fully saturated rings. The zero-order chi connectivity index (χ0) is 21.3. The standard InChI is InChI=1S/C21H16F3N3O2S/c1-2-16-26-18-12-7-3-6-10-15(12)29-19(18)20(27-16)30-11-17(28)25-14-9-5-4-8-13(14)21(22,23)24/h3-10H,2,11H2,1H3,(H,25,28). The highest BCUT2D eigenvalue weighted by molar-refractivity contribution is 8.00. The van der Waals surface area contributed by atoms with Gasteiger partial charge in [0.2, 0.25) is 5.91 Å². The second kappa shape index (κ2) is 7.98. The van der Waals surface area contributed by atoms with E-state index in [1.54, 1.807) is 0 Å². The van der Waals surface area contributed by atoms with E-state index in [4.69, 9.17) is 4.42 Å². The summed E-state index contributed by atoms with van der Waals surface area (Å²) in [5, 5.41) is 3.66. The highest BCUT2D eigenvalue weighted by Crippen LogP contribution is 2.35. The molecule has 0 aliphatic rings. The van der Waals surface area contributed by atoms with Gasteiger partial charge in [-0.3, -0.25) is 4.79 Å². The largest absolute Gasteiger partial charge is 0.451 e. The van der Waals surface area contributed by atoms with Crippen molar-refractivity contribution in [3.05, 3.63) is 59.9 Å². The Bertz CT molecular complexity index is 1240. The topological polar surface area (TPSA) is 68.0 Å². The van der Waals surface area contributed by atoms with Crippen molar-refractivity contribution in [2.24, 2.45) is 0 Å². The molecule has 4 aromatic rings. The molecule has 2 aromatic carbocycles. The Morgan fingerprint density at radius 1 is 1.10 bits per heavy atom. The van der Waals surface area contributed by atoms with E-state index in [0.717, 1.165) is 23.2 Å². The van der Waals surface area contributed by atoms with Crippen molar-refractivity contribution >= 4 is 45.4 Å². The Morgan fingerprint density at radius 3 is 2.60 bits per heavy atom. The van der Waals surface area contributed by atoms with Crippen molar-refractivity contribution in [3.8, 4) is 0 Å². The predicted octanol–water partition coefficient (Wildman–Crippen LogP) is 5.69. The number of alkyl halides is 3. The van der Waals surface area contributed by atoms with Crippen LogP contribution in [-0.4, -0.2) is 21.6 Å². The summed E-state index contributed by atoms with van der Waals surface area (Å²) in [6.07, 6.45) is -3.96. The molecule has 1 N–H and O–H groups in total. The lowest BCUT2D eigenvalue weighted by Crippen LogP contribution is -2.18. The van der Waals surface area contributed by atoms with Crippen molar-refractivity contribution in [2.75, 3.05) is 11.1 Å². The van der Waals surface area contributed by atoms with Gasteiger partial charge in [-0.15, -0.1) is 0 Å². The third-order valence-corrected chi connectivity index (χ3v) is 5.35. The van der Waals surface area contributed by atoms with Crippen LogP contribution in [0.15, 0.2) is 58.0 Å². The maximum Gasteiger partial charge on any atom is 0.418 e. The number of para-hydroxylation sites is 2. The molecule has 0 saturated heterocycles. The fourth-order valence-electron chi connectivity index (χ4n) is 3.03. The number of carbonyl (C=O) groups is 1. The molecule has 2 aromatic heterocycles. The number of nitrogens with one attached hydrogen (secondary N) is 1. The molecule has 9 heteroatoms. The molecule has 4 rings (SSSR count). The van der Waals surface area contributed by atoms with Gasteiger partial charge in [-0.05, 0) is 24.3 Å². The Labute approximate surface area is 173 Å². The maximum atomic E-state index is 13.1. The minimum Gasteiger partial charge on any atom is -0.451 e. The van der Waals surface area contributed by atoms with Crippen LogP contribution in [0.5, 0.6) is 0 Å². The first-order chi connectivity index (χ1) is 14.4. The van der Waals surface area contributed by atoms with E-state index in [9.17, 15) is 18.0 Å². The van der Waals surface area contributed by atoms with Crippen molar-refractivity contribution in [2.45, 2.75) is 24.5 Å². The first kappa shape index (κ1) is 20.2. The summed E-state index contributed by atoms with van der Waals surface area (Å²) in [5.74, 6) is -0.101. The number of fused-ring (bicyclic) bond motifs is 3. The minimum absolute atomic E-state index is 0.126. The number of aromatic nitrogens is 2. The monoisotopic (exact) mass is 431 g/mol. The van der Waals surface area contributed by atoms with Crippen molar-refractivity contribution in [1.82, 2.24) is 9.97 Å². The summed E-state index contributed by atoms with van der Waals surface area (Å²) >= 11 is 1.10. The van der Waals surface area contributed by atoms with Gasteiger partial charge in [0.05, 0.1) is 17.0 Å². The van der Waals surface area contributed by atoms with Crippen molar-refractivity contribution in [3.63, 3.8) is 0 Å². The molecule has 0 unspecified atom stereocenters. The van der Waals surface area contributed by atoms with E-state index in [-0.39, 0.29) is 11.4 Å². The Morgan fingerprint density at radius 2 is 1.83 bits per heavy atom. The number of nitrogens with zero attached hydrogens (tertiary/aromatic N) is 2. The van der Waals surface area contributed by atoms with Crippen LogP contribution in [0.2, 0.25) is 0 Å². The molecule has 0 aliphatic carbocycles. The molecule has 0 spiro atoms. The number of hydrogen-bond donors (Lipinski definition) is 1. The van der Waals surface area contributed by atoms with Gasteiger partial charge < -0.3 is 9.73 Å². The quantitative estimate of drug-likeness (QED) is 0.325. The number of anilines is 1. The van der Waals surface area contributed by atoms with E-state index in [1.165, 1.54) is 18.2 Å². The van der Waals surface area contributed by atoms with Crippen LogP contribution >= 0.6 is 11.8 Å². The summed E-state index contributed by atoms with van der Waals surface area (Å²) in [6.45, 7) is 1.92. The van der Waals surface area contributed by atoms with Gasteiger partial charge in [-0.1, -0.05) is 43.0 Å². The van der Waals surface area contributed by atoms with Crippen LogP contribution < -0.4 is 5.32 Å². The zero-order valence-electron chi connectivity index (χ0n) is 15.8. The average Bonchev–Trinajstić information content (AvgIpc) is 3.10. The fraction of sp³-hybridized carbons (Fsp3) is 0.190. The molecule has 5 nitrogen and oxygen atoms in total. The Kier molecular flexibility index (Phi) is 5.38. The van der Waals surface area contributed by atoms with Gasteiger partial charge in [0.1, 0.15) is 22.0 Å². The van der Waals surface area contributed by atoms with Gasteiger partial charge in [-0.2, -0.15) is 13.2 Å². The first-order valence-electron chi connectivity index (χ1n) is 9.14. The number of halogens is 3. The van der Waals surface area contributed by atoms with Crippen molar-refractivity contribution in [1.29, 1.82) is 0 Å². The highest BCUT2D eigenvalue weighted by Gasteiger charge is 2.33. The predicted molar refractivity (Wildman–Crippen MR) is 109 cm³/mol. The summed E-state index contributed by atoms with van der Waals surface area (Å²) in [7, 11) is 0. The molecular weight excluding hydrogens is 415 g/mol. The van der Waals surface area contributed by atoms with E-state index in [0.29, 0.717) is 34.0 Å². The molecule has 154 valence electrons. The molecule has 0 aliphatic heterocycles. The van der Waals surface area contributed by atoms with Crippen LogP contribution in [-0.2, 0) is 17.4 Å². The average molecular weight is 431 g/mol. The van der Waals surface area contributed by atoms with Gasteiger partial charge in [-0.25, -0.2) is 9.97 Å². The van der Waals surface area contributed by atoms with Gasteiger partial charge in [0.15, 0.2) is 5.58 Å². The smallest absolute Gasteiger partial charge is 0.418 e. The van der Waals surface area contributed by atoms with Crippen LogP contribution in [0.3, 0.4) is 0 Å². The molecule has 0 bridgehead atoms. The van der Waals surface area contributed by atoms with Gasteiger partial charge in [0.25, 0.3) is 0 Å². The number of aryl methyl sites for hydroxylation is 1. The lowest BCUT2D eigenvalue weighted by molar-refractivity contribution is -0.137. The second-order valence-corrected chi connectivity index (χ2v) is 7.42. The molecule has 0 saturated carbocycles. The second-order valence-electron chi connectivity index (χ2n) is 6.45. The van der Waals surface area contributed by atoms with Crippen molar-refractivity contribution < 1.29 is 22.4 Å². The van der Waals surface area contributed by atoms with Crippen LogP contribution in [0.25, 0.3) is 22.1 Å². The minimum atomic E-state index is -4.56. The number of rotatable bonds is 5. The maximum absolute atomic E-state index is 13.1. The summed E-state index contributed by atoms with van der Waals surface area (Å²) < 4.78 is 45.2. The normalized spacial score (nSPS) is 11.9. The molecule has 1 amide bonds. The molecule has 0 atom stereocenters. The van der Waals surface area contributed by atoms with E-state index in [1.807, 2.05) is 31.2 Å². The number of amides is 1. The number of hydrogen-bond acceptors (Lipinski definition) is 5. The Hall–Kier alpha value is -3.07. The van der Waals surface area contributed by atoms with Crippen LogP contribution in [0.4, 0.5) is 18.9 Å². The number of carbonyl (C=O) groups excluding carboxylic acids is 1.